The fourth-order valence-corrected chi connectivity index (χ4v) is 2.40. The Morgan fingerprint density at radius 2 is 2.18 bits per heavy atom. The Labute approximate surface area is 108 Å². The summed E-state index contributed by atoms with van der Waals surface area (Å²) in [6.45, 7) is 1.91. The van der Waals surface area contributed by atoms with E-state index in [0.717, 1.165) is 5.56 Å². The van der Waals surface area contributed by atoms with Gasteiger partial charge in [-0.05, 0) is 36.1 Å². The number of nitrogens with one attached hydrogen (secondary N) is 1. The van der Waals surface area contributed by atoms with Crippen LogP contribution in [0.4, 0.5) is 11.4 Å². The van der Waals surface area contributed by atoms with Gasteiger partial charge in [0, 0.05) is 11.4 Å². The van der Waals surface area contributed by atoms with Gasteiger partial charge in [0.25, 0.3) is 5.91 Å². The van der Waals surface area contributed by atoms with E-state index in [1.165, 1.54) is 11.3 Å². The highest BCUT2D eigenvalue weighted by molar-refractivity contribution is 7.12. The normalized spacial score (nSPS) is 10.2. The van der Waals surface area contributed by atoms with E-state index in [4.69, 9.17) is 17.3 Å². The summed E-state index contributed by atoms with van der Waals surface area (Å²) in [4.78, 5) is 12.4. The Morgan fingerprint density at radius 3 is 2.76 bits per heavy atom. The maximum absolute atomic E-state index is 11.9. The number of rotatable bonds is 2. The van der Waals surface area contributed by atoms with Crippen molar-refractivity contribution in [3.8, 4) is 0 Å². The molecule has 5 heteroatoms. The highest BCUT2D eigenvalue weighted by Gasteiger charge is 2.12. The summed E-state index contributed by atoms with van der Waals surface area (Å²) in [7, 11) is 0. The fourth-order valence-electron chi connectivity index (χ4n) is 1.36. The van der Waals surface area contributed by atoms with Gasteiger partial charge in [0.15, 0.2) is 0 Å². The molecule has 88 valence electrons. The number of carbonyl (C=O) groups is 1. The lowest BCUT2D eigenvalue weighted by atomic mass is 10.2. The minimum atomic E-state index is -0.215. The van der Waals surface area contributed by atoms with Crippen molar-refractivity contribution < 1.29 is 4.79 Å². The molecule has 0 unspecified atom stereocenters. The van der Waals surface area contributed by atoms with Crippen LogP contribution in [0.3, 0.4) is 0 Å². The third-order valence-corrected chi connectivity index (χ3v) is 3.70. The van der Waals surface area contributed by atoms with Crippen molar-refractivity contribution in [2.75, 3.05) is 11.1 Å². The minimum absolute atomic E-state index is 0.215. The number of anilines is 2. The van der Waals surface area contributed by atoms with Crippen molar-refractivity contribution >= 4 is 40.2 Å². The third-order valence-electron chi connectivity index (χ3n) is 2.36. The van der Waals surface area contributed by atoms with E-state index in [-0.39, 0.29) is 5.91 Å². The monoisotopic (exact) mass is 266 g/mol. The molecule has 1 aromatic carbocycles. The van der Waals surface area contributed by atoms with Crippen LogP contribution >= 0.6 is 22.9 Å². The number of benzene rings is 1. The molecule has 1 amide bonds. The Bertz CT molecular complexity index is 565. The first-order valence-corrected chi connectivity index (χ1v) is 6.24. The van der Waals surface area contributed by atoms with Gasteiger partial charge >= 0.3 is 0 Å². The average Bonchev–Trinajstić information content (AvgIpc) is 2.70. The van der Waals surface area contributed by atoms with Crippen molar-refractivity contribution in [2.45, 2.75) is 6.92 Å². The van der Waals surface area contributed by atoms with Gasteiger partial charge in [-0.25, -0.2) is 0 Å². The summed E-state index contributed by atoms with van der Waals surface area (Å²) in [6.07, 6.45) is 0. The molecule has 17 heavy (non-hydrogen) atoms. The number of amides is 1. The maximum atomic E-state index is 11.9. The highest BCUT2D eigenvalue weighted by atomic mass is 35.5. The molecule has 3 nitrogen and oxygen atoms in total. The first-order valence-electron chi connectivity index (χ1n) is 4.98. The van der Waals surface area contributed by atoms with Crippen LogP contribution in [0.5, 0.6) is 0 Å². The number of hydrogen-bond donors (Lipinski definition) is 2. The number of carbonyl (C=O) groups excluding carboxylic acids is 1. The first-order chi connectivity index (χ1) is 8.08. The predicted octanol–water partition coefficient (Wildman–Crippen LogP) is 3.54. The molecular formula is C12H11ClN2OS. The zero-order valence-electron chi connectivity index (χ0n) is 9.16. The maximum Gasteiger partial charge on any atom is 0.267 e. The van der Waals surface area contributed by atoms with Crippen LogP contribution in [0, 0.1) is 6.92 Å². The Hall–Kier alpha value is -1.52. The number of hydrogen-bond acceptors (Lipinski definition) is 3. The van der Waals surface area contributed by atoms with Gasteiger partial charge in [0.1, 0.15) is 4.88 Å². The van der Waals surface area contributed by atoms with Crippen molar-refractivity contribution in [3.05, 3.63) is 45.1 Å². The van der Waals surface area contributed by atoms with Crippen LogP contribution < -0.4 is 11.1 Å². The average molecular weight is 267 g/mol. The number of nitrogen functional groups attached to an aromatic ring is 1. The summed E-state index contributed by atoms with van der Waals surface area (Å²) >= 11 is 7.19. The van der Waals surface area contributed by atoms with Crippen LogP contribution in [-0.4, -0.2) is 5.91 Å². The highest BCUT2D eigenvalue weighted by Crippen LogP contribution is 2.24. The molecular weight excluding hydrogens is 256 g/mol. The van der Waals surface area contributed by atoms with E-state index in [0.29, 0.717) is 21.3 Å². The van der Waals surface area contributed by atoms with Gasteiger partial charge in [-0.2, -0.15) is 0 Å². The zero-order chi connectivity index (χ0) is 12.4. The van der Waals surface area contributed by atoms with E-state index < -0.39 is 0 Å². The summed E-state index contributed by atoms with van der Waals surface area (Å²) in [6, 6.07) is 7.10. The molecule has 0 atom stereocenters. The molecule has 0 aliphatic carbocycles. The van der Waals surface area contributed by atoms with E-state index >= 15 is 0 Å². The number of nitrogens with two attached hydrogens (primary N) is 1. The number of thiophene rings is 1. The van der Waals surface area contributed by atoms with E-state index in [9.17, 15) is 4.79 Å². The molecule has 0 aliphatic heterocycles. The molecule has 1 heterocycles. The fraction of sp³-hybridized carbons (Fsp3) is 0.0833. The van der Waals surface area contributed by atoms with Crippen LogP contribution in [0.25, 0.3) is 0 Å². The van der Waals surface area contributed by atoms with Gasteiger partial charge in [-0.3, -0.25) is 4.79 Å². The largest absolute Gasteiger partial charge is 0.398 e. The summed E-state index contributed by atoms with van der Waals surface area (Å²) < 4.78 is 0. The lowest BCUT2D eigenvalue weighted by Gasteiger charge is -2.06. The zero-order valence-corrected chi connectivity index (χ0v) is 10.7. The number of aryl methyl sites for hydroxylation is 1. The van der Waals surface area contributed by atoms with Crippen molar-refractivity contribution in [3.63, 3.8) is 0 Å². The first kappa shape index (κ1) is 12.0. The summed E-state index contributed by atoms with van der Waals surface area (Å²) in [5, 5.41) is 5.00. The SMILES string of the molecule is Cc1ccc(NC(=O)c2sccc2Cl)cc1N. The smallest absolute Gasteiger partial charge is 0.267 e. The Balaban J connectivity index is 2.19. The molecule has 1 aromatic heterocycles. The third kappa shape index (κ3) is 2.60. The molecule has 2 aromatic rings. The molecule has 2 rings (SSSR count). The van der Waals surface area contributed by atoms with Crippen LogP contribution in [-0.2, 0) is 0 Å². The van der Waals surface area contributed by atoms with Gasteiger partial charge in [0.2, 0.25) is 0 Å². The molecule has 0 saturated heterocycles. The second kappa shape index (κ2) is 4.77. The van der Waals surface area contributed by atoms with Crippen molar-refractivity contribution in [1.82, 2.24) is 0 Å². The van der Waals surface area contributed by atoms with Gasteiger partial charge in [-0.1, -0.05) is 17.7 Å². The Morgan fingerprint density at radius 1 is 1.41 bits per heavy atom. The van der Waals surface area contributed by atoms with Gasteiger partial charge in [-0.15, -0.1) is 11.3 Å². The molecule has 0 spiro atoms. The predicted molar refractivity (Wildman–Crippen MR) is 72.9 cm³/mol. The molecule has 3 N–H and O–H groups in total. The van der Waals surface area contributed by atoms with Crippen LogP contribution in [0.15, 0.2) is 29.6 Å². The molecule has 0 bridgehead atoms. The quantitative estimate of drug-likeness (QED) is 0.817. The van der Waals surface area contributed by atoms with Crippen LogP contribution in [0.1, 0.15) is 15.2 Å². The lowest BCUT2D eigenvalue weighted by molar-refractivity contribution is 0.103. The summed E-state index contributed by atoms with van der Waals surface area (Å²) in [5.74, 6) is -0.215. The van der Waals surface area contributed by atoms with Crippen molar-refractivity contribution in [1.29, 1.82) is 0 Å². The standard InChI is InChI=1S/C12H11ClN2OS/c1-7-2-3-8(6-10(7)14)15-12(16)11-9(13)4-5-17-11/h2-6H,14H2,1H3,(H,15,16). The van der Waals surface area contributed by atoms with E-state index in [1.54, 1.807) is 17.5 Å². The van der Waals surface area contributed by atoms with Gasteiger partial charge < -0.3 is 11.1 Å². The molecule has 0 radical (unpaired) electrons. The van der Waals surface area contributed by atoms with Gasteiger partial charge in [0.05, 0.1) is 5.02 Å². The Kier molecular flexibility index (Phi) is 3.36. The molecule has 0 fully saturated rings. The van der Waals surface area contributed by atoms with E-state index in [1.807, 2.05) is 19.1 Å². The second-order valence-electron chi connectivity index (χ2n) is 3.62. The topological polar surface area (TPSA) is 55.1 Å². The van der Waals surface area contributed by atoms with Crippen LogP contribution in [0.2, 0.25) is 5.02 Å². The molecule has 0 aliphatic rings. The number of halogens is 1. The van der Waals surface area contributed by atoms with Crippen molar-refractivity contribution in [2.24, 2.45) is 0 Å². The minimum Gasteiger partial charge on any atom is -0.398 e. The summed E-state index contributed by atoms with van der Waals surface area (Å²) in [5.41, 5.74) is 8.08. The molecule has 0 saturated carbocycles. The lowest BCUT2D eigenvalue weighted by Crippen LogP contribution is -2.10. The van der Waals surface area contributed by atoms with E-state index in [2.05, 4.69) is 5.32 Å². The second-order valence-corrected chi connectivity index (χ2v) is 4.95.